The van der Waals surface area contributed by atoms with Gasteiger partial charge in [0.25, 0.3) is 5.91 Å². The van der Waals surface area contributed by atoms with Gasteiger partial charge >= 0.3 is 0 Å². The molecule has 1 fully saturated rings. The van der Waals surface area contributed by atoms with Crippen molar-refractivity contribution < 1.29 is 15.0 Å². The van der Waals surface area contributed by atoms with E-state index in [-0.39, 0.29) is 12.5 Å². The number of aromatic nitrogens is 1. The van der Waals surface area contributed by atoms with E-state index >= 15 is 0 Å². The molecule has 5 nitrogen and oxygen atoms in total. The molecule has 2 heterocycles. The lowest BCUT2D eigenvalue weighted by Gasteiger charge is -2.24. The summed E-state index contributed by atoms with van der Waals surface area (Å²) in [4.78, 5) is 17.2. The third-order valence-corrected chi connectivity index (χ3v) is 3.86. The van der Waals surface area contributed by atoms with Gasteiger partial charge in [0.15, 0.2) is 0 Å². The molecule has 0 bridgehead atoms. The molecule has 1 aromatic rings. The first-order valence-electron chi connectivity index (χ1n) is 6.88. The molecule has 1 aliphatic heterocycles. The van der Waals surface area contributed by atoms with Crippen LogP contribution < -0.4 is 0 Å². The Balaban J connectivity index is 2.03. The molecule has 0 unspecified atom stereocenters. The number of H-pyrrole nitrogens is 1. The Morgan fingerprint density at radius 2 is 2.21 bits per heavy atom. The van der Waals surface area contributed by atoms with Crippen LogP contribution in [0.15, 0.2) is 12.1 Å². The van der Waals surface area contributed by atoms with Crippen molar-refractivity contribution in [2.75, 3.05) is 19.7 Å². The van der Waals surface area contributed by atoms with Crippen LogP contribution in [0.2, 0.25) is 0 Å². The molecule has 0 spiro atoms. The van der Waals surface area contributed by atoms with E-state index in [2.05, 4.69) is 4.98 Å². The second kappa shape index (κ2) is 5.75. The molecule has 3 N–H and O–H groups in total. The fourth-order valence-electron chi connectivity index (χ4n) is 2.48. The lowest BCUT2D eigenvalue weighted by molar-refractivity contribution is -0.0250. The van der Waals surface area contributed by atoms with Gasteiger partial charge in [0.05, 0.1) is 12.2 Å². The van der Waals surface area contributed by atoms with Gasteiger partial charge in [0.2, 0.25) is 0 Å². The zero-order valence-electron chi connectivity index (χ0n) is 11.4. The number of likely N-dealkylation sites (tertiary alicyclic amines) is 1. The van der Waals surface area contributed by atoms with Gasteiger partial charge in [0.1, 0.15) is 5.69 Å². The third kappa shape index (κ3) is 3.16. The van der Waals surface area contributed by atoms with E-state index in [1.807, 2.05) is 19.1 Å². The fourth-order valence-corrected chi connectivity index (χ4v) is 2.48. The van der Waals surface area contributed by atoms with Crippen molar-refractivity contribution in [3.8, 4) is 0 Å². The molecular weight excluding hydrogens is 244 g/mol. The summed E-state index contributed by atoms with van der Waals surface area (Å²) in [6.45, 7) is 2.91. The van der Waals surface area contributed by atoms with Gasteiger partial charge in [-0.15, -0.1) is 0 Å². The van der Waals surface area contributed by atoms with Crippen molar-refractivity contribution in [3.05, 3.63) is 23.5 Å². The molecule has 2 rings (SSSR count). The number of carbonyl (C=O) groups excluding carboxylic acids is 1. The van der Waals surface area contributed by atoms with Crippen molar-refractivity contribution in [2.45, 2.75) is 38.2 Å². The first kappa shape index (κ1) is 14.1. The van der Waals surface area contributed by atoms with Gasteiger partial charge in [0, 0.05) is 18.8 Å². The zero-order valence-corrected chi connectivity index (χ0v) is 11.4. The van der Waals surface area contributed by atoms with Crippen molar-refractivity contribution >= 4 is 5.91 Å². The maximum atomic E-state index is 12.3. The molecule has 0 radical (unpaired) electrons. The van der Waals surface area contributed by atoms with E-state index in [0.29, 0.717) is 38.0 Å². The van der Waals surface area contributed by atoms with E-state index in [1.54, 1.807) is 4.90 Å². The molecule has 0 saturated carbocycles. The van der Waals surface area contributed by atoms with Crippen LogP contribution in [0.5, 0.6) is 0 Å². The number of aryl methyl sites for hydroxylation is 1. The maximum absolute atomic E-state index is 12.3. The van der Waals surface area contributed by atoms with Crippen LogP contribution in [0.3, 0.4) is 0 Å². The van der Waals surface area contributed by atoms with E-state index in [1.165, 1.54) is 0 Å². The number of rotatable bonds is 3. The second-order valence-corrected chi connectivity index (χ2v) is 5.28. The molecule has 0 aliphatic carbocycles. The molecule has 1 atom stereocenters. The highest BCUT2D eigenvalue weighted by molar-refractivity contribution is 5.92. The summed E-state index contributed by atoms with van der Waals surface area (Å²) in [6.07, 6.45) is 2.55. The number of nitrogens with zero attached hydrogens (tertiary/aromatic N) is 1. The Hall–Kier alpha value is -1.33. The Bertz CT molecular complexity index is 444. The summed E-state index contributed by atoms with van der Waals surface area (Å²) >= 11 is 0. The largest absolute Gasteiger partial charge is 0.393 e. The van der Waals surface area contributed by atoms with Crippen LogP contribution in [-0.2, 0) is 6.42 Å². The summed E-state index contributed by atoms with van der Waals surface area (Å²) in [5, 5.41) is 19.3. The predicted molar refractivity (Wildman–Crippen MR) is 72.0 cm³/mol. The van der Waals surface area contributed by atoms with Gasteiger partial charge in [-0.1, -0.05) is 6.92 Å². The maximum Gasteiger partial charge on any atom is 0.270 e. The molecule has 5 heteroatoms. The highest BCUT2D eigenvalue weighted by Crippen LogP contribution is 2.22. The Labute approximate surface area is 113 Å². The van der Waals surface area contributed by atoms with Gasteiger partial charge in [-0.25, -0.2) is 0 Å². The average molecular weight is 266 g/mol. The van der Waals surface area contributed by atoms with Gasteiger partial charge in [-0.2, -0.15) is 0 Å². The molecule has 1 aromatic heterocycles. The van der Waals surface area contributed by atoms with Crippen LogP contribution in [0, 0.1) is 0 Å². The lowest BCUT2D eigenvalue weighted by atomic mass is 9.96. The molecule has 1 aliphatic rings. The Kier molecular flexibility index (Phi) is 4.27. The summed E-state index contributed by atoms with van der Waals surface area (Å²) in [5.41, 5.74) is 0.621. The van der Waals surface area contributed by atoms with Crippen LogP contribution >= 0.6 is 0 Å². The van der Waals surface area contributed by atoms with Crippen molar-refractivity contribution in [1.29, 1.82) is 0 Å². The summed E-state index contributed by atoms with van der Waals surface area (Å²) in [7, 11) is 0. The zero-order chi connectivity index (χ0) is 13.9. The highest BCUT2D eigenvalue weighted by Gasteiger charge is 2.31. The van der Waals surface area contributed by atoms with Crippen molar-refractivity contribution in [3.63, 3.8) is 0 Å². The molecular formula is C14H22N2O3. The standard InChI is InChI=1S/C14H22N2O3/c1-2-11-4-5-12(15-11)13(18)16-8-3-6-14(19,10-17)7-9-16/h4-5,15,17,19H,2-3,6-10H2,1H3/t14-/m1/s1. The SMILES string of the molecule is CCc1ccc(C(=O)N2CCC[C@](O)(CO)CC2)[nH]1. The molecule has 106 valence electrons. The molecule has 1 saturated heterocycles. The summed E-state index contributed by atoms with van der Waals surface area (Å²) < 4.78 is 0. The lowest BCUT2D eigenvalue weighted by Crippen LogP contribution is -2.36. The van der Waals surface area contributed by atoms with Crippen LogP contribution in [-0.4, -0.2) is 51.3 Å². The average Bonchev–Trinajstić information content (AvgIpc) is 2.82. The smallest absolute Gasteiger partial charge is 0.270 e. The molecule has 0 aromatic carbocycles. The minimum absolute atomic E-state index is 0.0260. The number of nitrogens with one attached hydrogen (secondary N) is 1. The quantitative estimate of drug-likeness (QED) is 0.761. The number of hydrogen-bond donors (Lipinski definition) is 3. The topological polar surface area (TPSA) is 76.6 Å². The number of hydrogen-bond acceptors (Lipinski definition) is 3. The minimum Gasteiger partial charge on any atom is -0.393 e. The summed E-state index contributed by atoms with van der Waals surface area (Å²) in [6, 6.07) is 3.74. The van der Waals surface area contributed by atoms with Crippen LogP contribution in [0.25, 0.3) is 0 Å². The van der Waals surface area contributed by atoms with Gasteiger partial charge in [-0.05, 0) is 37.8 Å². The van der Waals surface area contributed by atoms with E-state index < -0.39 is 5.60 Å². The van der Waals surface area contributed by atoms with Crippen LogP contribution in [0.4, 0.5) is 0 Å². The molecule has 1 amide bonds. The third-order valence-electron chi connectivity index (χ3n) is 3.86. The van der Waals surface area contributed by atoms with Gasteiger partial charge in [-0.3, -0.25) is 4.79 Å². The fraction of sp³-hybridized carbons (Fsp3) is 0.643. The van der Waals surface area contributed by atoms with E-state index in [9.17, 15) is 15.0 Å². The number of aliphatic hydroxyl groups excluding tert-OH is 1. The summed E-state index contributed by atoms with van der Waals surface area (Å²) in [5.74, 6) is -0.0260. The van der Waals surface area contributed by atoms with Crippen molar-refractivity contribution in [1.82, 2.24) is 9.88 Å². The Morgan fingerprint density at radius 1 is 1.42 bits per heavy atom. The first-order valence-corrected chi connectivity index (χ1v) is 6.88. The predicted octanol–water partition coefficient (Wildman–Crippen LogP) is 0.927. The highest BCUT2D eigenvalue weighted by atomic mass is 16.3. The Morgan fingerprint density at radius 3 is 2.84 bits per heavy atom. The minimum atomic E-state index is -1.03. The number of aromatic amines is 1. The monoisotopic (exact) mass is 266 g/mol. The molecule has 19 heavy (non-hydrogen) atoms. The van der Waals surface area contributed by atoms with E-state index in [4.69, 9.17) is 0 Å². The first-order chi connectivity index (χ1) is 9.08. The van der Waals surface area contributed by atoms with E-state index in [0.717, 1.165) is 12.1 Å². The van der Waals surface area contributed by atoms with Crippen molar-refractivity contribution in [2.24, 2.45) is 0 Å². The van der Waals surface area contributed by atoms with Crippen LogP contribution in [0.1, 0.15) is 42.4 Å². The second-order valence-electron chi connectivity index (χ2n) is 5.28. The normalized spacial score (nSPS) is 24.3. The number of amides is 1. The van der Waals surface area contributed by atoms with Gasteiger partial charge < -0.3 is 20.1 Å². The number of carbonyl (C=O) groups is 1. The number of aliphatic hydroxyl groups is 2.